The molecule has 108 valence electrons. The van der Waals surface area contributed by atoms with E-state index in [-0.39, 0.29) is 11.5 Å². The summed E-state index contributed by atoms with van der Waals surface area (Å²) in [6, 6.07) is 10.1. The van der Waals surface area contributed by atoms with E-state index < -0.39 is 0 Å². The van der Waals surface area contributed by atoms with Crippen molar-refractivity contribution in [3.63, 3.8) is 0 Å². The van der Waals surface area contributed by atoms with Crippen molar-refractivity contribution in [2.75, 3.05) is 13.1 Å². The monoisotopic (exact) mass is 274 g/mol. The largest absolute Gasteiger partial charge is 0.445 e. The van der Waals surface area contributed by atoms with Gasteiger partial charge in [0.15, 0.2) is 0 Å². The molecule has 2 fully saturated rings. The van der Waals surface area contributed by atoms with Crippen LogP contribution < -0.4 is 5.73 Å². The Morgan fingerprint density at radius 2 is 2.15 bits per heavy atom. The smallest absolute Gasteiger partial charge is 0.410 e. The zero-order chi connectivity index (χ0) is 14.0. The molecule has 1 aromatic carbocycles. The van der Waals surface area contributed by atoms with Crippen molar-refractivity contribution in [2.45, 2.75) is 38.3 Å². The fourth-order valence-corrected chi connectivity index (χ4v) is 3.52. The van der Waals surface area contributed by atoms with E-state index in [2.05, 4.69) is 0 Å². The minimum absolute atomic E-state index is 0.189. The number of hydrogen-bond acceptors (Lipinski definition) is 3. The van der Waals surface area contributed by atoms with Gasteiger partial charge in [-0.1, -0.05) is 30.3 Å². The Bertz CT molecular complexity index is 477. The van der Waals surface area contributed by atoms with Gasteiger partial charge in [0, 0.05) is 19.1 Å². The molecule has 0 radical (unpaired) electrons. The van der Waals surface area contributed by atoms with Crippen molar-refractivity contribution in [1.29, 1.82) is 0 Å². The molecule has 0 aromatic heterocycles. The molecular weight excluding hydrogens is 252 g/mol. The van der Waals surface area contributed by atoms with Gasteiger partial charge in [-0.25, -0.2) is 4.79 Å². The molecule has 1 saturated carbocycles. The van der Waals surface area contributed by atoms with Gasteiger partial charge in [0.2, 0.25) is 0 Å². The highest BCUT2D eigenvalue weighted by atomic mass is 16.6. The molecule has 1 aliphatic carbocycles. The molecule has 1 aromatic rings. The molecule has 4 heteroatoms. The van der Waals surface area contributed by atoms with E-state index >= 15 is 0 Å². The summed E-state index contributed by atoms with van der Waals surface area (Å²) in [7, 11) is 0. The van der Waals surface area contributed by atoms with Crippen LogP contribution in [0.15, 0.2) is 30.3 Å². The number of nitrogens with zero attached hydrogens (tertiary/aromatic N) is 1. The van der Waals surface area contributed by atoms with Gasteiger partial charge in [-0.2, -0.15) is 0 Å². The first-order valence-corrected chi connectivity index (χ1v) is 7.38. The van der Waals surface area contributed by atoms with E-state index in [1.165, 1.54) is 0 Å². The standard InChI is InChI=1S/C16H22N2O2/c17-14-6-7-16(10-14)8-9-18(12-16)15(19)20-11-13-4-2-1-3-5-13/h1-5,14H,6-12,17H2/t14-,16+/m1/s1. The Balaban J connectivity index is 1.52. The Morgan fingerprint density at radius 1 is 1.35 bits per heavy atom. The molecule has 2 aliphatic rings. The number of carbonyl (C=O) groups excluding carboxylic acids is 1. The second kappa shape index (κ2) is 5.44. The number of rotatable bonds is 2. The van der Waals surface area contributed by atoms with Crippen molar-refractivity contribution in [1.82, 2.24) is 4.90 Å². The second-order valence-electron chi connectivity index (χ2n) is 6.21. The Kier molecular flexibility index (Phi) is 3.66. The number of benzene rings is 1. The highest BCUT2D eigenvalue weighted by Crippen LogP contribution is 2.44. The lowest BCUT2D eigenvalue weighted by Gasteiger charge is -2.23. The second-order valence-corrected chi connectivity index (χ2v) is 6.21. The Morgan fingerprint density at radius 3 is 2.85 bits per heavy atom. The summed E-state index contributed by atoms with van der Waals surface area (Å²) in [5.41, 5.74) is 7.31. The van der Waals surface area contributed by atoms with Crippen LogP contribution in [0.1, 0.15) is 31.2 Å². The van der Waals surface area contributed by atoms with Crippen molar-refractivity contribution >= 4 is 6.09 Å². The quantitative estimate of drug-likeness (QED) is 0.901. The van der Waals surface area contributed by atoms with Gasteiger partial charge in [-0.3, -0.25) is 0 Å². The van der Waals surface area contributed by atoms with Gasteiger partial charge < -0.3 is 15.4 Å². The number of hydrogen-bond donors (Lipinski definition) is 1. The van der Waals surface area contributed by atoms with Gasteiger partial charge in [0.25, 0.3) is 0 Å². The zero-order valence-corrected chi connectivity index (χ0v) is 11.8. The topological polar surface area (TPSA) is 55.6 Å². The molecule has 3 rings (SSSR count). The molecular formula is C16H22N2O2. The maximum Gasteiger partial charge on any atom is 0.410 e. The molecule has 0 unspecified atom stereocenters. The van der Waals surface area contributed by atoms with E-state index in [0.717, 1.165) is 44.3 Å². The van der Waals surface area contributed by atoms with Crippen LogP contribution in [0.3, 0.4) is 0 Å². The molecule has 1 amide bonds. The average molecular weight is 274 g/mol. The summed E-state index contributed by atoms with van der Waals surface area (Å²) in [6.45, 7) is 1.97. The minimum atomic E-state index is -0.189. The first-order chi connectivity index (χ1) is 9.67. The molecule has 2 atom stereocenters. The zero-order valence-electron chi connectivity index (χ0n) is 11.8. The first-order valence-electron chi connectivity index (χ1n) is 7.38. The molecule has 1 aliphatic heterocycles. The van der Waals surface area contributed by atoms with Gasteiger partial charge >= 0.3 is 6.09 Å². The van der Waals surface area contributed by atoms with Crippen LogP contribution in [0.5, 0.6) is 0 Å². The van der Waals surface area contributed by atoms with Crippen LogP contribution in [0.2, 0.25) is 0 Å². The molecule has 2 N–H and O–H groups in total. The summed E-state index contributed by atoms with van der Waals surface area (Å²) in [5, 5.41) is 0. The lowest BCUT2D eigenvalue weighted by atomic mass is 9.85. The summed E-state index contributed by atoms with van der Waals surface area (Å²) < 4.78 is 5.40. The number of amides is 1. The van der Waals surface area contributed by atoms with Crippen LogP contribution in [0, 0.1) is 5.41 Å². The number of ether oxygens (including phenoxy) is 1. The van der Waals surface area contributed by atoms with E-state index in [1.54, 1.807) is 0 Å². The van der Waals surface area contributed by atoms with Crippen LogP contribution in [-0.2, 0) is 11.3 Å². The normalized spacial score (nSPS) is 29.1. The van der Waals surface area contributed by atoms with E-state index in [1.807, 2.05) is 35.2 Å². The minimum Gasteiger partial charge on any atom is -0.445 e. The maximum atomic E-state index is 12.1. The molecule has 1 spiro atoms. The fraction of sp³-hybridized carbons (Fsp3) is 0.562. The highest BCUT2D eigenvalue weighted by Gasteiger charge is 2.44. The van der Waals surface area contributed by atoms with Crippen molar-refractivity contribution in [3.8, 4) is 0 Å². The van der Waals surface area contributed by atoms with E-state index in [0.29, 0.717) is 12.6 Å². The SMILES string of the molecule is N[C@@H]1CC[C@]2(CCN(C(=O)OCc3ccccc3)C2)C1. The van der Waals surface area contributed by atoms with E-state index in [9.17, 15) is 4.79 Å². The van der Waals surface area contributed by atoms with Gasteiger partial charge in [-0.05, 0) is 36.7 Å². The molecule has 0 bridgehead atoms. The van der Waals surface area contributed by atoms with Gasteiger partial charge in [-0.15, -0.1) is 0 Å². The molecule has 4 nitrogen and oxygen atoms in total. The fourth-order valence-electron chi connectivity index (χ4n) is 3.52. The third-order valence-electron chi connectivity index (χ3n) is 4.64. The van der Waals surface area contributed by atoms with Gasteiger partial charge in [0.1, 0.15) is 6.61 Å². The molecule has 20 heavy (non-hydrogen) atoms. The summed E-state index contributed by atoms with van der Waals surface area (Å²) in [6.07, 6.45) is 4.17. The lowest BCUT2D eigenvalue weighted by Crippen LogP contribution is -2.32. The maximum absolute atomic E-state index is 12.1. The van der Waals surface area contributed by atoms with Crippen LogP contribution >= 0.6 is 0 Å². The first kappa shape index (κ1) is 13.4. The van der Waals surface area contributed by atoms with Crippen molar-refractivity contribution in [2.24, 2.45) is 11.1 Å². The number of nitrogens with two attached hydrogens (primary N) is 1. The summed E-state index contributed by atoms with van der Waals surface area (Å²) >= 11 is 0. The Hall–Kier alpha value is -1.55. The predicted molar refractivity (Wildman–Crippen MR) is 77.1 cm³/mol. The van der Waals surface area contributed by atoms with Crippen molar-refractivity contribution in [3.05, 3.63) is 35.9 Å². The summed E-state index contributed by atoms with van der Waals surface area (Å²) in [4.78, 5) is 14.0. The van der Waals surface area contributed by atoms with Crippen LogP contribution in [0.25, 0.3) is 0 Å². The molecule has 1 saturated heterocycles. The van der Waals surface area contributed by atoms with Crippen molar-refractivity contribution < 1.29 is 9.53 Å². The number of likely N-dealkylation sites (tertiary alicyclic amines) is 1. The summed E-state index contributed by atoms with van der Waals surface area (Å²) in [5.74, 6) is 0. The predicted octanol–water partition coefficient (Wildman–Crippen LogP) is 2.53. The third kappa shape index (κ3) is 2.80. The molecule has 1 heterocycles. The average Bonchev–Trinajstić information content (AvgIpc) is 3.04. The number of carbonyl (C=O) groups is 1. The third-order valence-corrected chi connectivity index (χ3v) is 4.64. The van der Waals surface area contributed by atoms with Gasteiger partial charge in [0.05, 0.1) is 0 Å². The van der Waals surface area contributed by atoms with E-state index in [4.69, 9.17) is 10.5 Å². The highest BCUT2D eigenvalue weighted by molar-refractivity contribution is 5.68. The van der Waals surface area contributed by atoms with Crippen LogP contribution in [-0.4, -0.2) is 30.1 Å². The Labute approximate surface area is 119 Å². The lowest BCUT2D eigenvalue weighted by molar-refractivity contribution is 0.0996. The van der Waals surface area contributed by atoms with Crippen LogP contribution in [0.4, 0.5) is 4.79 Å².